The molecule has 0 bridgehead atoms. The van der Waals surface area contributed by atoms with Gasteiger partial charge in [0.15, 0.2) is 0 Å². The van der Waals surface area contributed by atoms with Crippen LogP contribution in [0.5, 0.6) is 0 Å². The van der Waals surface area contributed by atoms with Crippen molar-refractivity contribution in [1.29, 1.82) is 0 Å². The van der Waals surface area contributed by atoms with Gasteiger partial charge >= 0.3 is 5.97 Å². The lowest BCUT2D eigenvalue weighted by Gasteiger charge is -2.36. The Morgan fingerprint density at radius 1 is 1.50 bits per heavy atom. The zero-order chi connectivity index (χ0) is 10.2. The second-order valence-electron chi connectivity index (χ2n) is 3.59. The molecule has 14 heavy (non-hydrogen) atoms. The zero-order valence-electron chi connectivity index (χ0n) is 7.53. The van der Waals surface area contributed by atoms with Gasteiger partial charge in [0, 0.05) is 0 Å². The van der Waals surface area contributed by atoms with E-state index in [9.17, 15) is 4.79 Å². The number of pyridine rings is 1. The molecular formula is C10H10ClNO2. The Balaban J connectivity index is 2.42. The van der Waals surface area contributed by atoms with Gasteiger partial charge in [-0.1, -0.05) is 24.1 Å². The zero-order valence-corrected chi connectivity index (χ0v) is 8.29. The Morgan fingerprint density at radius 3 is 2.64 bits per heavy atom. The first-order valence-electron chi connectivity index (χ1n) is 4.52. The third-order valence-electron chi connectivity index (χ3n) is 2.82. The molecule has 1 aromatic heterocycles. The summed E-state index contributed by atoms with van der Waals surface area (Å²) in [7, 11) is 0. The second-order valence-corrected chi connectivity index (χ2v) is 3.97. The van der Waals surface area contributed by atoms with Crippen molar-refractivity contribution in [2.24, 2.45) is 0 Å². The normalized spacial score (nSPS) is 18.6. The molecule has 3 nitrogen and oxygen atoms in total. The molecule has 0 radical (unpaired) electrons. The molecule has 2 rings (SSSR count). The molecule has 0 amide bonds. The Hall–Kier alpha value is -1.09. The van der Waals surface area contributed by atoms with Crippen LogP contribution < -0.4 is 0 Å². The maximum Gasteiger partial charge on any atom is 0.315 e. The predicted molar refractivity (Wildman–Crippen MR) is 52.4 cm³/mol. The number of rotatable bonds is 2. The van der Waals surface area contributed by atoms with Crippen LogP contribution >= 0.6 is 11.6 Å². The summed E-state index contributed by atoms with van der Waals surface area (Å²) in [6.07, 6.45) is 2.27. The molecule has 1 saturated carbocycles. The highest BCUT2D eigenvalue weighted by atomic mass is 35.5. The molecule has 1 aliphatic rings. The van der Waals surface area contributed by atoms with E-state index in [-0.39, 0.29) is 0 Å². The smallest absolute Gasteiger partial charge is 0.315 e. The van der Waals surface area contributed by atoms with Crippen molar-refractivity contribution >= 4 is 17.6 Å². The molecule has 0 saturated heterocycles. The summed E-state index contributed by atoms with van der Waals surface area (Å²) in [5, 5.41) is 9.50. The average molecular weight is 212 g/mol. The van der Waals surface area contributed by atoms with Gasteiger partial charge in [-0.25, -0.2) is 4.98 Å². The minimum Gasteiger partial charge on any atom is -0.481 e. The summed E-state index contributed by atoms with van der Waals surface area (Å²) in [5.74, 6) is -0.793. The van der Waals surface area contributed by atoms with E-state index >= 15 is 0 Å². The topological polar surface area (TPSA) is 50.2 Å². The van der Waals surface area contributed by atoms with Gasteiger partial charge in [0.2, 0.25) is 0 Å². The van der Waals surface area contributed by atoms with Crippen LogP contribution in [-0.4, -0.2) is 16.1 Å². The maximum absolute atomic E-state index is 11.1. The summed E-state index contributed by atoms with van der Waals surface area (Å²) in [5.41, 5.74) is -0.186. The van der Waals surface area contributed by atoms with E-state index in [1.165, 1.54) is 0 Å². The first-order chi connectivity index (χ1) is 6.65. The lowest BCUT2D eigenvalue weighted by molar-refractivity contribution is -0.147. The number of carboxylic acids is 1. The molecule has 4 heteroatoms. The van der Waals surface area contributed by atoms with E-state index < -0.39 is 11.4 Å². The number of hydrogen-bond acceptors (Lipinski definition) is 2. The van der Waals surface area contributed by atoms with Crippen LogP contribution in [0.3, 0.4) is 0 Å². The van der Waals surface area contributed by atoms with Gasteiger partial charge in [-0.05, 0) is 25.0 Å². The van der Waals surface area contributed by atoms with E-state index in [0.29, 0.717) is 23.7 Å². The highest BCUT2D eigenvalue weighted by molar-refractivity contribution is 6.29. The lowest BCUT2D eigenvalue weighted by Crippen LogP contribution is -2.43. The molecule has 1 fully saturated rings. The minimum atomic E-state index is -0.793. The monoisotopic (exact) mass is 211 g/mol. The number of halogens is 1. The van der Waals surface area contributed by atoms with E-state index in [0.717, 1.165) is 6.42 Å². The van der Waals surface area contributed by atoms with Gasteiger partial charge in [0.1, 0.15) is 10.6 Å². The van der Waals surface area contributed by atoms with E-state index in [2.05, 4.69) is 4.98 Å². The molecule has 1 N–H and O–H groups in total. The van der Waals surface area contributed by atoms with Gasteiger partial charge in [-0.2, -0.15) is 0 Å². The van der Waals surface area contributed by atoms with Crippen molar-refractivity contribution in [2.75, 3.05) is 0 Å². The highest BCUT2D eigenvalue weighted by Crippen LogP contribution is 2.43. The fraction of sp³-hybridized carbons (Fsp3) is 0.400. The van der Waals surface area contributed by atoms with Crippen molar-refractivity contribution < 1.29 is 9.90 Å². The number of aromatic nitrogens is 1. The quantitative estimate of drug-likeness (QED) is 0.764. The minimum absolute atomic E-state index is 0.357. The van der Waals surface area contributed by atoms with E-state index in [1.807, 2.05) is 0 Å². The van der Waals surface area contributed by atoms with Crippen molar-refractivity contribution in [3.8, 4) is 0 Å². The number of aliphatic carboxylic acids is 1. The van der Waals surface area contributed by atoms with Crippen LogP contribution in [0.15, 0.2) is 18.2 Å². The second kappa shape index (κ2) is 3.24. The van der Waals surface area contributed by atoms with Crippen LogP contribution in [0.1, 0.15) is 25.0 Å². The molecule has 0 spiro atoms. The number of carboxylic acid groups (broad SMARTS) is 1. The average Bonchev–Trinajstić information content (AvgIpc) is 2.00. The summed E-state index contributed by atoms with van der Waals surface area (Å²) in [4.78, 5) is 15.2. The maximum atomic E-state index is 11.1. The largest absolute Gasteiger partial charge is 0.481 e. The fourth-order valence-electron chi connectivity index (χ4n) is 1.78. The Morgan fingerprint density at radius 2 is 2.21 bits per heavy atom. The number of carbonyl (C=O) groups is 1. The summed E-state index contributed by atoms with van der Waals surface area (Å²) >= 11 is 5.73. The molecule has 1 aliphatic carbocycles. The van der Waals surface area contributed by atoms with Crippen LogP contribution in [0.2, 0.25) is 5.15 Å². The standard InChI is InChI=1S/C10H10ClNO2/c11-8-4-1-3-7(12-8)10(9(13)14)5-2-6-10/h1,3-4H,2,5-6H2,(H,13,14). The SMILES string of the molecule is O=C(O)C1(c2cccc(Cl)n2)CCC1. The van der Waals surface area contributed by atoms with Gasteiger partial charge in [-0.3, -0.25) is 4.79 Å². The summed E-state index contributed by atoms with van der Waals surface area (Å²) < 4.78 is 0. The third-order valence-corrected chi connectivity index (χ3v) is 3.03. The van der Waals surface area contributed by atoms with E-state index in [1.54, 1.807) is 18.2 Å². The Kier molecular flexibility index (Phi) is 2.19. The third kappa shape index (κ3) is 1.28. The Labute approximate surface area is 86.7 Å². The van der Waals surface area contributed by atoms with Crippen LogP contribution in [0.4, 0.5) is 0 Å². The van der Waals surface area contributed by atoms with Gasteiger partial charge in [0.25, 0.3) is 0 Å². The Bertz CT molecular complexity index is 374. The van der Waals surface area contributed by atoms with Crippen LogP contribution in [0, 0.1) is 0 Å². The molecule has 0 atom stereocenters. The van der Waals surface area contributed by atoms with Crippen molar-refractivity contribution in [3.63, 3.8) is 0 Å². The van der Waals surface area contributed by atoms with Gasteiger partial charge in [0.05, 0.1) is 5.69 Å². The summed E-state index contributed by atoms with van der Waals surface area (Å²) in [6, 6.07) is 5.13. The highest BCUT2D eigenvalue weighted by Gasteiger charge is 2.47. The van der Waals surface area contributed by atoms with Crippen molar-refractivity contribution in [1.82, 2.24) is 4.98 Å². The fourth-order valence-corrected chi connectivity index (χ4v) is 1.95. The molecule has 0 aliphatic heterocycles. The van der Waals surface area contributed by atoms with Crippen molar-refractivity contribution in [3.05, 3.63) is 29.0 Å². The first kappa shape index (κ1) is 9.46. The first-order valence-corrected chi connectivity index (χ1v) is 4.89. The predicted octanol–water partition coefficient (Wildman–Crippen LogP) is 2.24. The number of hydrogen-bond donors (Lipinski definition) is 1. The molecule has 74 valence electrons. The molecular weight excluding hydrogens is 202 g/mol. The van der Waals surface area contributed by atoms with Crippen LogP contribution in [0.25, 0.3) is 0 Å². The van der Waals surface area contributed by atoms with Gasteiger partial charge < -0.3 is 5.11 Å². The molecule has 1 heterocycles. The van der Waals surface area contributed by atoms with Crippen LogP contribution in [-0.2, 0) is 10.2 Å². The summed E-state index contributed by atoms with van der Waals surface area (Å²) in [6.45, 7) is 0. The van der Waals surface area contributed by atoms with Crippen molar-refractivity contribution in [2.45, 2.75) is 24.7 Å². The number of nitrogens with zero attached hydrogens (tertiary/aromatic N) is 1. The molecule has 0 unspecified atom stereocenters. The van der Waals surface area contributed by atoms with E-state index in [4.69, 9.17) is 16.7 Å². The lowest BCUT2D eigenvalue weighted by atomic mass is 9.66. The molecule has 0 aromatic carbocycles. The van der Waals surface area contributed by atoms with Gasteiger partial charge in [-0.15, -0.1) is 0 Å². The molecule has 1 aromatic rings.